The largest absolute Gasteiger partial charge is 0.294 e. The van der Waals surface area contributed by atoms with Crippen LogP contribution in [0, 0.1) is 10.1 Å². The number of nitrogens with zero attached hydrogens (tertiary/aromatic N) is 1. The van der Waals surface area contributed by atoms with Crippen LogP contribution in [0.15, 0.2) is 53.4 Å². The van der Waals surface area contributed by atoms with Gasteiger partial charge in [0.1, 0.15) is 0 Å². The molecule has 0 aliphatic carbocycles. The summed E-state index contributed by atoms with van der Waals surface area (Å²) in [5.74, 6) is 0. The number of nitro groups is 1. The summed E-state index contributed by atoms with van der Waals surface area (Å²) in [7, 11) is -4.23. The fourth-order valence-corrected chi connectivity index (χ4v) is 2.10. The van der Waals surface area contributed by atoms with Gasteiger partial charge in [0, 0.05) is 12.1 Å². The highest BCUT2D eigenvalue weighted by molar-refractivity contribution is 7.85. The van der Waals surface area contributed by atoms with Crippen molar-refractivity contribution >= 4 is 15.8 Å². The van der Waals surface area contributed by atoms with E-state index in [4.69, 9.17) is 4.55 Å². The van der Waals surface area contributed by atoms with Crippen LogP contribution in [0.4, 0.5) is 5.69 Å². The highest BCUT2D eigenvalue weighted by atomic mass is 32.2. The first-order valence-electron chi connectivity index (χ1n) is 5.20. The molecule has 0 aliphatic heterocycles. The van der Waals surface area contributed by atoms with Gasteiger partial charge in [0.05, 0.1) is 9.82 Å². The molecule has 2 aromatic rings. The summed E-state index contributed by atoms with van der Waals surface area (Å²) in [6.07, 6.45) is 0. The molecule has 0 saturated heterocycles. The zero-order chi connectivity index (χ0) is 14.0. The Hall–Kier alpha value is -2.25. The van der Waals surface area contributed by atoms with Crippen LogP contribution in [0.3, 0.4) is 0 Å². The quantitative estimate of drug-likeness (QED) is 0.529. The Bertz CT molecular complexity index is 722. The van der Waals surface area contributed by atoms with E-state index >= 15 is 0 Å². The summed E-state index contributed by atoms with van der Waals surface area (Å²) >= 11 is 0. The van der Waals surface area contributed by atoms with Crippen LogP contribution in [0.2, 0.25) is 0 Å². The van der Waals surface area contributed by atoms with Gasteiger partial charge in [-0.2, -0.15) is 8.42 Å². The fourth-order valence-electron chi connectivity index (χ4n) is 1.62. The molecule has 7 heteroatoms. The number of nitro benzene ring substituents is 1. The monoisotopic (exact) mass is 279 g/mol. The normalized spacial score (nSPS) is 11.2. The molecule has 0 saturated carbocycles. The zero-order valence-electron chi connectivity index (χ0n) is 9.55. The molecule has 0 bridgehead atoms. The second-order valence-electron chi connectivity index (χ2n) is 3.81. The van der Waals surface area contributed by atoms with E-state index in [9.17, 15) is 18.5 Å². The van der Waals surface area contributed by atoms with Gasteiger partial charge in [-0.05, 0) is 23.3 Å². The zero-order valence-corrected chi connectivity index (χ0v) is 10.4. The van der Waals surface area contributed by atoms with Gasteiger partial charge in [-0.3, -0.25) is 14.7 Å². The van der Waals surface area contributed by atoms with Crippen molar-refractivity contribution in [3.05, 3.63) is 58.6 Å². The highest BCUT2D eigenvalue weighted by Gasteiger charge is 2.10. The second-order valence-corrected chi connectivity index (χ2v) is 5.23. The van der Waals surface area contributed by atoms with Crippen LogP contribution in [0.25, 0.3) is 11.1 Å². The Morgan fingerprint density at radius 1 is 1.00 bits per heavy atom. The van der Waals surface area contributed by atoms with Crippen LogP contribution in [-0.4, -0.2) is 17.9 Å². The fraction of sp³-hybridized carbons (Fsp3) is 0. The molecule has 1 N–H and O–H groups in total. The molecule has 0 radical (unpaired) electrons. The van der Waals surface area contributed by atoms with Gasteiger partial charge in [-0.1, -0.05) is 24.3 Å². The van der Waals surface area contributed by atoms with Gasteiger partial charge in [0.25, 0.3) is 15.8 Å². The van der Waals surface area contributed by atoms with Crippen molar-refractivity contribution < 1.29 is 17.9 Å². The molecule has 2 rings (SSSR count). The number of rotatable bonds is 3. The van der Waals surface area contributed by atoms with Crippen LogP contribution >= 0.6 is 0 Å². The van der Waals surface area contributed by atoms with E-state index < -0.39 is 15.0 Å². The maximum absolute atomic E-state index is 10.9. The van der Waals surface area contributed by atoms with Gasteiger partial charge >= 0.3 is 0 Å². The molecule has 0 fully saturated rings. The summed E-state index contributed by atoms with van der Waals surface area (Å²) in [5.41, 5.74) is 1.17. The second kappa shape index (κ2) is 4.79. The van der Waals surface area contributed by atoms with Crippen molar-refractivity contribution in [2.45, 2.75) is 4.90 Å². The molecule has 6 nitrogen and oxygen atoms in total. The first-order valence-corrected chi connectivity index (χ1v) is 6.64. The number of non-ortho nitro benzene ring substituents is 1. The van der Waals surface area contributed by atoms with E-state index in [2.05, 4.69) is 0 Å². The van der Waals surface area contributed by atoms with E-state index in [0.29, 0.717) is 11.1 Å². The van der Waals surface area contributed by atoms with Gasteiger partial charge in [-0.15, -0.1) is 0 Å². The molecule has 2 aromatic carbocycles. The van der Waals surface area contributed by atoms with E-state index in [0.717, 1.165) is 0 Å². The summed E-state index contributed by atoms with van der Waals surface area (Å²) in [5, 5.41) is 10.7. The van der Waals surface area contributed by atoms with E-state index in [1.54, 1.807) is 12.1 Å². The number of hydrogen-bond acceptors (Lipinski definition) is 4. The summed E-state index contributed by atoms with van der Waals surface area (Å²) in [6.45, 7) is 0. The molecule has 0 amide bonds. The van der Waals surface area contributed by atoms with Gasteiger partial charge in [0.2, 0.25) is 0 Å². The predicted molar refractivity (Wildman–Crippen MR) is 68.3 cm³/mol. The molecule has 19 heavy (non-hydrogen) atoms. The van der Waals surface area contributed by atoms with E-state index in [1.807, 2.05) is 0 Å². The molecular formula is C12H9NO5S. The Morgan fingerprint density at radius 3 is 2.16 bits per heavy atom. The predicted octanol–water partition coefficient (Wildman–Crippen LogP) is 2.51. The summed E-state index contributed by atoms with van der Waals surface area (Å²) in [6, 6.07) is 11.4. The Morgan fingerprint density at radius 2 is 1.63 bits per heavy atom. The number of hydrogen-bond donors (Lipinski definition) is 1. The average molecular weight is 279 g/mol. The smallest absolute Gasteiger partial charge is 0.282 e. The minimum Gasteiger partial charge on any atom is -0.282 e. The van der Waals surface area contributed by atoms with Crippen LogP contribution in [0.1, 0.15) is 0 Å². The third-order valence-electron chi connectivity index (χ3n) is 2.54. The first-order chi connectivity index (χ1) is 8.88. The molecular weight excluding hydrogens is 270 g/mol. The highest BCUT2D eigenvalue weighted by Crippen LogP contribution is 2.24. The summed E-state index contributed by atoms with van der Waals surface area (Å²) in [4.78, 5) is 9.94. The lowest BCUT2D eigenvalue weighted by atomic mass is 10.1. The Labute approximate surface area is 109 Å². The third-order valence-corrected chi connectivity index (χ3v) is 3.41. The average Bonchev–Trinajstić information content (AvgIpc) is 2.38. The third kappa shape index (κ3) is 2.95. The lowest BCUT2D eigenvalue weighted by Crippen LogP contribution is -1.97. The minimum absolute atomic E-state index is 0.0450. The molecule has 0 aromatic heterocycles. The van der Waals surface area contributed by atoms with E-state index in [1.165, 1.54) is 36.4 Å². The van der Waals surface area contributed by atoms with Crippen molar-refractivity contribution in [2.75, 3.05) is 0 Å². The van der Waals surface area contributed by atoms with Gasteiger partial charge in [0.15, 0.2) is 0 Å². The van der Waals surface area contributed by atoms with Crippen LogP contribution in [0.5, 0.6) is 0 Å². The Balaban J connectivity index is 2.43. The molecule has 98 valence electrons. The Kier molecular flexibility index (Phi) is 3.32. The van der Waals surface area contributed by atoms with Crippen molar-refractivity contribution in [1.82, 2.24) is 0 Å². The van der Waals surface area contributed by atoms with Crippen molar-refractivity contribution in [2.24, 2.45) is 0 Å². The minimum atomic E-state index is -4.23. The lowest BCUT2D eigenvalue weighted by molar-refractivity contribution is -0.384. The molecule has 0 atom stereocenters. The molecule has 0 aliphatic rings. The van der Waals surface area contributed by atoms with Crippen LogP contribution in [-0.2, 0) is 10.1 Å². The van der Waals surface area contributed by atoms with E-state index in [-0.39, 0.29) is 10.6 Å². The number of benzene rings is 2. The molecule has 0 spiro atoms. The van der Waals surface area contributed by atoms with Crippen molar-refractivity contribution in [3.8, 4) is 11.1 Å². The van der Waals surface area contributed by atoms with Gasteiger partial charge in [-0.25, -0.2) is 0 Å². The van der Waals surface area contributed by atoms with Crippen LogP contribution < -0.4 is 0 Å². The lowest BCUT2D eigenvalue weighted by Gasteiger charge is -2.02. The van der Waals surface area contributed by atoms with Gasteiger partial charge < -0.3 is 0 Å². The molecule has 0 heterocycles. The maximum atomic E-state index is 10.9. The maximum Gasteiger partial charge on any atom is 0.294 e. The standard InChI is InChI=1S/C12H9NO5S/c14-13(15)11-3-1-2-10(8-11)9-4-6-12(7-5-9)19(16,17)18/h1-8H,(H,16,17,18). The van der Waals surface area contributed by atoms with Crippen molar-refractivity contribution in [1.29, 1.82) is 0 Å². The summed E-state index contributed by atoms with van der Waals surface area (Å²) < 4.78 is 30.6. The topological polar surface area (TPSA) is 97.5 Å². The van der Waals surface area contributed by atoms with Crippen molar-refractivity contribution in [3.63, 3.8) is 0 Å². The first kappa shape index (κ1) is 13.2. The molecule has 0 unspecified atom stereocenters. The SMILES string of the molecule is O=[N+]([O-])c1cccc(-c2ccc(S(=O)(=O)O)cc2)c1.